The van der Waals surface area contributed by atoms with Crippen LogP contribution in [-0.4, -0.2) is 18.1 Å². The number of pyridine rings is 1. The van der Waals surface area contributed by atoms with Crippen LogP contribution in [0, 0.1) is 23.2 Å². The third-order valence-electron chi connectivity index (χ3n) is 8.01. The second-order valence-electron chi connectivity index (χ2n) is 10.1. The summed E-state index contributed by atoms with van der Waals surface area (Å²) < 4.78 is 12.6. The van der Waals surface area contributed by atoms with Crippen LogP contribution < -0.4 is 14.8 Å². The molecule has 4 aliphatic carbocycles. The van der Waals surface area contributed by atoms with Gasteiger partial charge in [-0.15, -0.1) is 0 Å². The second kappa shape index (κ2) is 8.74. The van der Waals surface area contributed by atoms with Crippen LogP contribution in [-0.2, 0) is 13.2 Å². The van der Waals surface area contributed by atoms with Crippen molar-refractivity contribution in [2.45, 2.75) is 64.6 Å². The highest BCUT2D eigenvalue weighted by molar-refractivity contribution is 9.10. The summed E-state index contributed by atoms with van der Waals surface area (Å²) in [4.78, 5) is 4.15. The van der Waals surface area contributed by atoms with Gasteiger partial charge in [0.15, 0.2) is 11.5 Å². The highest BCUT2D eigenvalue weighted by Gasteiger charge is 2.52. The molecule has 0 unspecified atom stereocenters. The number of hydrogen-bond acceptors (Lipinski definition) is 4. The molecule has 4 bridgehead atoms. The SMILES string of the molecule is COc1cc(CN[C@@H](C)C23CC4CC(CC(C4)C2)C3)cc(Br)c1OCc1cccnc1. The molecule has 0 amide bonds. The molecule has 6 rings (SSSR count). The molecule has 2 aromatic rings. The number of rotatable bonds is 8. The van der Waals surface area contributed by atoms with Crippen LogP contribution in [0.15, 0.2) is 41.1 Å². The lowest BCUT2D eigenvalue weighted by Gasteiger charge is -2.59. The van der Waals surface area contributed by atoms with Crippen LogP contribution in [0.2, 0.25) is 0 Å². The summed E-state index contributed by atoms with van der Waals surface area (Å²) in [6, 6.07) is 8.73. The van der Waals surface area contributed by atoms with Crippen LogP contribution in [0.25, 0.3) is 0 Å². The van der Waals surface area contributed by atoms with Gasteiger partial charge in [0.05, 0.1) is 11.6 Å². The molecule has 1 aromatic heterocycles. The van der Waals surface area contributed by atoms with Gasteiger partial charge in [-0.1, -0.05) is 6.07 Å². The zero-order valence-electron chi connectivity index (χ0n) is 18.6. The molecule has 1 atom stereocenters. The number of ether oxygens (including phenoxy) is 2. The van der Waals surface area contributed by atoms with E-state index < -0.39 is 0 Å². The maximum atomic E-state index is 6.06. The van der Waals surface area contributed by atoms with Crippen LogP contribution in [0.4, 0.5) is 0 Å². The fourth-order valence-corrected chi connectivity index (χ4v) is 7.45. The van der Waals surface area contributed by atoms with Crippen LogP contribution >= 0.6 is 15.9 Å². The molecular formula is C26H33BrN2O2. The summed E-state index contributed by atoms with van der Waals surface area (Å²) in [5, 5.41) is 3.89. The van der Waals surface area contributed by atoms with E-state index in [-0.39, 0.29) is 0 Å². The Morgan fingerprint density at radius 3 is 2.45 bits per heavy atom. The van der Waals surface area contributed by atoms with Gasteiger partial charge in [0.2, 0.25) is 0 Å². The Balaban J connectivity index is 1.25. The zero-order valence-corrected chi connectivity index (χ0v) is 20.2. The van der Waals surface area contributed by atoms with Gasteiger partial charge in [-0.05, 0) is 108 Å². The summed E-state index contributed by atoms with van der Waals surface area (Å²) in [6.45, 7) is 3.73. The molecule has 4 nitrogen and oxygen atoms in total. The van der Waals surface area contributed by atoms with Gasteiger partial charge < -0.3 is 14.8 Å². The number of aromatic nitrogens is 1. The fourth-order valence-electron chi connectivity index (χ4n) is 6.85. The highest BCUT2D eigenvalue weighted by Crippen LogP contribution is 2.61. The predicted molar refractivity (Wildman–Crippen MR) is 126 cm³/mol. The first-order chi connectivity index (χ1) is 15.0. The molecule has 1 aromatic carbocycles. The van der Waals surface area contributed by atoms with Crippen molar-refractivity contribution in [2.24, 2.45) is 23.2 Å². The molecule has 4 saturated carbocycles. The minimum atomic E-state index is 0.462. The lowest BCUT2D eigenvalue weighted by atomic mass is 9.48. The van der Waals surface area contributed by atoms with Gasteiger partial charge in [-0.3, -0.25) is 4.98 Å². The topological polar surface area (TPSA) is 43.4 Å². The minimum Gasteiger partial charge on any atom is -0.493 e. The van der Waals surface area contributed by atoms with Crippen LogP contribution in [0.5, 0.6) is 11.5 Å². The van der Waals surface area contributed by atoms with Crippen molar-refractivity contribution in [3.8, 4) is 11.5 Å². The number of nitrogens with zero attached hydrogens (tertiary/aromatic N) is 1. The molecule has 166 valence electrons. The first-order valence-corrected chi connectivity index (χ1v) is 12.5. The van der Waals surface area contributed by atoms with Gasteiger partial charge in [0, 0.05) is 30.5 Å². The van der Waals surface area contributed by atoms with E-state index >= 15 is 0 Å². The molecule has 4 fully saturated rings. The van der Waals surface area contributed by atoms with Gasteiger partial charge >= 0.3 is 0 Å². The second-order valence-corrected chi connectivity index (χ2v) is 11.0. The van der Waals surface area contributed by atoms with E-state index in [9.17, 15) is 0 Å². The quantitative estimate of drug-likeness (QED) is 0.489. The van der Waals surface area contributed by atoms with E-state index in [0.29, 0.717) is 18.1 Å². The molecule has 5 heteroatoms. The summed E-state index contributed by atoms with van der Waals surface area (Å²) in [5.74, 6) is 4.46. The van der Waals surface area contributed by atoms with Gasteiger partial charge in [-0.25, -0.2) is 0 Å². The Morgan fingerprint density at radius 1 is 1.13 bits per heavy atom. The van der Waals surface area contributed by atoms with Crippen molar-refractivity contribution in [3.05, 3.63) is 52.3 Å². The van der Waals surface area contributed by atoms with Crippen molar-refractivity contribution in [1.82, 2.24) is 10.3 Å². The van der Waals surface area contributed by atoms with E-state index in [1.165, 1.54) is 44.1 Å². The minimum absolute atomic E-state index is 0.462. The summed E-state index contributed by atoms with van der Waals surface area (Å²) in [7, 11) is 1.70. The van der Waals surface area contributed by atoms with Crippen molar-refractivity contribution in [2.75, 3.05) is 7.11 Å². The molecule has 0 saturated heterocycles. The summed E-state index contributed by atoms with van der Waals surface area (Å²) >= 11 is 3.70. The molecule has 31 heavy (non-hydrogen) atoms. The first kappa shape index (κ1) is 21.3. The van der Waals surface area contributed by atoms with Crippen molar-refractivity contribution in [1.29, 1.82) is 0 Å². The summed E-state index contributed by atoms with van der Waals surface area (Å²) in [5.41, 5.74) is 2.77. The standard InChI is InChI=1S/C26H33BrN2O2/c1-17(26-11-19-6-20(12-26)8-21(7-19)13-26)29-15-22-9-23(27)25(24(10-22)30-2)31-16-18-4-3-5-28-14-18/h3-5,9-10,14,17,19-21,29H,6-8,11-13,15-16H2,1-2H3/t17-,19?,20?,21?,26?/m0/s1. The Morgan fingerprint density at radius 2 is 1.84 bits per heavy atom. The first-order valence-electron chi connectivity index (χ1n) is 11.7. The largest absolute Gasteiger partial charge is 0.493 e. The number of halogens is 1. The normalized spacial score (nSPS) is 29.7. The molecule has 0 spiro atoms. The zero-order chi connectivity index (χ0) is 21.4. The van der Waals surface area contributed by atoms with Crippen LogP contribution in [0.3, 0.4) is 0 Å². The average Bonchev–Trinajstić information content (AvgIpc) is 2.76. The molecule has 1 heterocycles. The smallest absolute Gasteiger partial charge is 0.175 e. The molecular weight excluding hydrogens is 452 g/mol. The predicted octanol–water partition coefficient (Wildman–Crippen LogP) is 6.13. The Labute approximate surface area is 194 Å². The lowest BCUT2D eigenvalue weighted by Crippen LogP contribution is -2.54. The Hall–Kier alpha value is -1.59. The molecule has 4 aliphatic rings. The van der Waals surface area contributed by atoms with Gasteiger partial charge in [-0.2, -0.15) is 0 Å². The average molecular weight is 485 g/mol. The van der Waals surface area contributed by atoms with Gasteiger partial charge in [0.1, 0.15) is 6.61 Å². The maximum Gasteiger partial charge on any atom is 0.175 e. The van der Waals surface area contributed by atoms with E-state index in [1.54, 1.807) is 13.3 Å². The third kappa shape index (κ3) is 4.36. The van der Waals surface area contributed by atoms with Crippen LogP contribution in [0.1, 0.15) is 56.6 Å². The molecule has 0 radical (unpaired) electrons. The Bertz CT molecular complexity index is 882. The monoisotopic (exact) mass is 484 g/mol. The van der Waals surface area contributed by atoms with E-state index in [0.717, 1.165) is 45.8 Å². The molecule has 0 aliphatic heterocycles. The fraction of sp³-hybridized carbons (Fsp3) is 0.577. The summed E-state index contributed by atoms with van der Waals surface area (Å²) in [6.07, 6.45) is 12.4. The number of methoxy groups -OCH3 is 1. The van der Waals surface area contributed by atoms with E-state index in [4.69, 9.17) is 9.47 Å². The number of nitrogens with one attached hydrogen (secondary N) is 1. The highest BCUT2D eigenvalue weighted by atomic mass is 79.9. The molecule has 1 N–H and O–H groups in total. The van der Waals surface area contributed by atoms with E-state index in [1.807, 2.05) is 18.3 Å². The van der Waals surface area contributed by atoms with Crippen molar-refractivity contribution < 1.29 is 9.47 Å². The van der Waals surface area contributed by atoms with Crippen molar-refractivity contribution >= 4 is 15.9 Å². The van der Waals surface area contributed by atoms with E-state index in [2.05, 4.69) is 45.3 Å². The van der Waals surface area contributed by atoms with Crippen molar-refractivity contribution in [3.63, 3.8) is 0 Å². The number of hydrogen-bond donors (Lipinski definition) is 1. The third-order valence-corrected chi connectivity index (χ3v) is 8.60. The maximum absolute atomic E-state index is 6.06. The Kier molecular flexibility index (Phi) is 6.00. The number of benzene rings is 1. The van der Waals surface area contributed by atoms with Gasteiger partial charge in [0.25, 0.3) is 0 Å². The lowest BCUT2D eigenvalue weighted by molar-refractivity contribution is -0.0706.